The number of fused-ring (bicyclic) bond motifs is 1. The number of nitrogens with one attached hydrogen (secondary N) is 1. The van der Waals surface area contributed by atoms with Gasteiger partial charge in [0.05, 0.1) is 6.04 Å². The van der Waals surface area contributed by atoms with Gasteiger partial charge in [-0.1, -0.05) is 6.07 Å². The van der Waals surface area contributed by atoms with Crippen LogP contribution in [0.4, 0.5) is 19.0 Å². The van der Waals surface area contributed by atoms with Gasteiger partial charge in [0.25, 0.3) is 5.82 Å². The van der Waals surface area contributed by atoms with Crippen molar-refractivity contribution in [1.82, 2.24) is 29.6 Å². The van der Waals surface area contributed by atoms with Crippen LogP contribution in [-0.2, 0) is 6.18 Å². The van der Waals surface area contributed by atoms with Gasteiger partial charge >= 0.3 is 6.18 Å². The predicted molar refractivity (Wildman–Crippen MR) is 100 cm³/mol. The van der Waals surface area contributed by atoms with Crippen molar-refractivity contribution in [2.75, 3.05) is 45.1 Å². The number of hydrogen-bond donors (Lipinski definition) is 1. The molecule has 1 atom stereocenters. The number of aromatic nitrogens is 4. The van der Waals surface area contributed by atoms with E-state index in [2.05, 4.69) is 43.5 Å². The van der Waals surface area contributed by atoms with E-state index in [0.717, 1.165) is 30.7 Å². The van der Waals surface area contributed by atoms with E-state index in [1.807, 2.05) is 11.4 Å². The van der Waals surface area contributed by atoms with Gasteiger partial charge in [0.2, 0.25) is 0 Å². The van der Waals surface area contributed by atoms with Gasteiger partial charge in [-0.3, -0.25) is 4.90 Å². The van der Waals surface area contributed by atoms with Crippen LogP contribution >= 0.6 is 11.3 Å². The third-order valence-electron chi connectivity index (χ3n) is 4.84. The van der Waals surface area contributed by atoms with Gasteiger partial charge < -0.3 is 10.2 Å². The van der Waals surface area contributed by atoms with Crippen molar-refractivity contribution >= 4 is 22.8 Å². The number of rotatable bonds is 5. The summed E-state index contributed by atoms with van der Waals surface area (Å²) in [5.74, 6) is -0.770. The largest absolute Gasteiger partial charge is 0.453 e. The summed E-state index contributed by atoms with van der Waals surface area (Å²) in [5, 5.41) is 16.0. The number of halogens is 3. The van der Waals surface area contributed by atoms with Crippen molar-refractivity contribution < 1.29 is 13.2 Å². The van der Waals surface area contributed by atoms with Crippen molar-refractivity contribution in [1.29, 1.82) is 0 Å². The van der Waals surface area contributed by atoms with Crippen LogP contribution in [0.3, 0.4) is 0 Å². The first kappa shape index (κ1) is 19.1. The van der Waals surface area contributed by atoms with Gasteiger partial charge in [-0.2, -0.15) is 17.7 Å². The SMILES string of the molecule is CN1CCN(C(CNc2ccc3nnc(C(F)(F)F)n3n2)c2cccs2)CC1. The van der Waals surface area contributed by atoms with Crippen LogP contribution in [0.15, 0.2) is 29.6 Å². The topological polar surface area (TPSA) is 61.6 Å². The third-order valence-corrected chi connectivity index (χ3v) is 5.82. The second-order valence-corrected chi connectivity index (χ2v) is 7.74. The van der Waals surface area contributed by atoms with Crippen LogP contribution < -0.4 is 5.32 Å². The summed E-state index contributed by atoms with van der Waals surface area (Å²) in [4.78, 5) is 5.91. The zero-order chi connectivity index (χ0) is 19.7. The van der Waals surface area contributed by atoms with Crippen LogP contribution in [0.5, 0.6) is 0 Å². The number of likely N-dealkylation sites (N-methyl/N-ethyl adjacent to an activating group) is 1. The van der Waals surface area contributed by atoms with E-state index in [0.29, 0.717) is 12.4 Å². The Morgan fingerprint density at radius 1 is 1.14 bits per heavy atom. The molecule has 0 aromatic carbocycles. The molecule has 1 unspecified atom stereocenters. The van der Waals surface area contributed by atoms with Crippen LogP contribution in [0, 0.1) is 0 Å². The van der Waals surface area contributed by atoms with Crippen LogP contribution in [0.2, 0.25) is 0 Å². The Labute approximate surface area is 163 Å². The van der Waals surface area contributed by atoms with Crippen molar-refractivity contribution in [3.8, 4) is 0 Å². The molecule has 0 radical (unpaired) electrons. The number of anilines is 1. The van der Waals surface area contributed by atoms with Gasteiger partial charge in [-0.15, -0.1) is 26.6 Å². The summed E-state index contributed by atoms with van der Waals surface area (Å²) >= 11 is 1.68. The first-order chi connectivity index (χ1) is 13.4. The molecule has 4 rings (SSSR count). The molecule has 1 aliphatic heterocycles. The highest BCUT2D eigenvalue weighted by atomic mass is 32.1. The van der Waals surface area contributed by atoms with Crippen LogP contribution in [0.1, 0.15) is 16.7 Å². The number of piperazine rings is 1. The molecule has 1 fully saturated rings. The molecule has 1 aliphatic rings. The normalized spacial score (nSPS) is 17.9. The van der Waals surface area contributed by atoms with Crippen molar-refractivity contribution in [3.63, 3.8) is 0 Å². The molecule has 4 heterocycles. The molecule has 0 saturated carbocycles. The predicted octanol–water partition coefficient (Wildman–Crippen LogP) is 2.61. The maximum atomic E-state index is 13.1. The van der Waals surface area contributed by atoms with Crippen LogP contribution in [-0.4, -0.2) is 69.4 Å². The van der Waals surface area contributed by atoms with Crippen molar-refractivity contribution in [3.05, 3.63) is 40.3 Å². The van der Waals surface area contributed by atoms with Gasteiger partial charge in [-0.25, -0.2) is 0 Å². The number of hydrogen-bond acceptors (Lipinski definition) is 7. The second kappa shape index (κ2) is 7.64. The molecule has 0 amide bonds. The average Bonchev–Trinajstić information content (AvgIpc) is 3.32. The van der Waals surface area contributed by atoms with Crippen molar-refractivity contribution in [2.45, 2.75) is 12.2 Å². The number of nitrogens with zero attached hydrogens (tertiary/aromatic N) is 6. The minimum Gasteiger partial charge on any atom is -0.367 e. The minimum atomic E-state index is -4.61. The lowest BCUT2D eigenvalue weighted by Gasteiger charge is -2.37. The first-order valence-corrected chi connectivity index (χ1v) is 9.79. The summed E-state index contributed by atoms with van der Waals surface area (Å²) in [7, 11) is 2.10. The molecular weight excluding hydrogens is 391 g/mol. The maximum Gasteiger partial charge on any atom is 0.453 e. The maximum absolute atomic E-state index is 13.1. The molecule has 150 valence electrons. The summed E-state index contributed by atoms with van der Waals surface area (Å²) in [6.07, 6.45) is -4.61. The molecule has 0 bridgehead atoms. The van der Waals surface area contributed by atoms with Gasteiger partial charge in [0, 0.05) is 37.6 Å². The molecule has 7 nitrogen and oxygen atoms in total. The third kappa shape index (κ3) is 3.96. The number of alkyl halides is 3. The van der Waals surface area contributed by atoms with E-state index < -0.39 is 12.0 Å². The summed E-state index contributed by atoms with van der Waals surface area (Å²) < 4.78 is 39.9. The quantitative estimate of drug-likeness (QED) is 0.697. The Morgan fingerprint density at radius 2 is 1.93 bits per heavy atom. The summed E-state index contributed by atoms with van der Waals surface area (Å²) in [6.45, 7) is 4.41. The molecule has 1 saturated heterocycles. The van der Waals surface area contributed by atoms with Crippen molar-refractivity contribution in [2.24, 2.45) is 0 Å². The van der Waals surface area contributed by atoms with E-state index >= 15 is 0 Å². The Morgan fingerprint density at radius 3 is 2.61 bits per heavy atom. The fourth-order valence-corrected chi connectivity index (χ4v) is 4.15. The summed E-state index contributed by atoms with van der Waals surface area (Å²) in [5.41, 5.74) is 0.0618. The fourth-order valence-electron chi connectivity index (χ4n) is 3.29. The van der Waals surface area contributed by atoms with E-state index in [1.54, 1.807) is 17.4 Å². The average molecular weight is 411 g/mol. The zero-order valence-corrected chi connectivity index (χ0v) is 16.0. The highest BCUT2D eigenvalue weighted by Crippen LogP contribution is 2.28. The smallest absolute Gasteiger partial charge is 0.367 e. The van der Waals surface area contributed by atoms with E-state index in [9.17, 15) is 13.2 Å². The number of thiophene rings is 1. The second-order valence-electron chi connectivity index (χ2n) is 6.76. The fraction of sp³-hybridized carbons (Fsp3) is 0.471. The molecule has 0 aliphatic carbocycles. The molecule has 11 heteroatoms. The van der Waals surface area contributed by atoms with Crippen LogP contribution in [0.25, 0.3) is 5.65 Å². The molecule has 3 aromatic rings. The molecule has 0 spiro atoms. The molecular formula is C17H20F3N7S. The lowest BCUT2D eigenvalue weighted by Crippen LogP contribution is -2.47. The molecule has 28 heavy (non-hydrogen) atoms. The first-order valence-electron chi connectivity index (χ1n) is 8.91. The van der Waals surface area contributed by atoms with E-state index in [1.165, 1.54) is 10.9 Å². The highest BCUT2D eigenvalue weighted by Gasteiger charge is 2.37. The van der Waals surface area contributed by atoms with E-state index in [-0.39, 0.29) is 11.7 Å². The lowest BCUT2D eigenvalue weighted by molar-refractivity contribution is -0.146. The Bertz CT molecular complexity index is 917. The zero-order valence-electron chi connectivity index (χ0n) is 15.2. The molecule has 1 N–H and O–H groups in total. The Hall–Kier alpha value is -2.24. The standard InChI is InChI=1S/C17H20F3N7S/c1-25-6-8-26(9-7-25)12(13-3-2-10-28-13)11-21-14-4-5-15-22-23-16(17(18,19)20)27(15)24-14/h2-5,10,12H,6-9,11H2,1H3,(H,21,24). The Balaban J connectivity index is 1.54. The molecule has 3 aromatic heterocycles. The van der Waals surface area contributed by atoms with Gasteiger partial charge in [0.1, 0.15) is 5.82 Å². The van der Waals surface area contributed by atoms with Gasteiger partial charge in [0.15, 0.2) is 5.65 Å². The van der Waals surface area contributed by atoms with E-state index in [4.69, 9.17) is 0 Å². The monoisotopic (exact) mass is 411 g/mol. The lowest BCUT2D eigenvalue weighted by atomic mass is 10.1. The highest BCUT2D eigenvalue weighted by molar-refractivity contribution is 7.10. The summed E-state index contributed by atoms with van der Waals surface area (Å²) in [6, 6.07) is 7.34. The Kier molecular flexibility index (Phi) is 5.21. The van der Waals surface area contributed by atoms with Gasteiger partial charge in [-0.05, 0) is 30.6 Å². The minimum absolute atomic E-state index is 0.0618.